The lowest BCUT2D eigenvalue weighted by atomic mass is 10.1. The summed E-state index contributed by atoms with van der Waals surface area (Å²) in [4.78, 5) is 14.6. The summed E-state index contributed by atoms with van der Waals surface area (Å²) < 4.78 is 44.8. The van der Waals surface area contributed by atoms with Crippen molar-refractivity contribution in [1.82, 2.24) is 4.90 Å². The maximum atomic E-state index is 12.8. The Hall–Kier alpha value is -0.850. The molecule has 0 aliphatic heterocycles. The maximum absolute atomic E-state index is 12.8. The predicted octanol–water partition coefficient (Wildman–Crippen LogP) is 4.48. The summed E-state index contributed by atoms with van der Waals surface area (Å²) >= 11 is 0. The maximum Gasteiger partial charge on any atom is 0.225 e. The highest BCUT2D eigenvalue weighted by Gasteiger charge is 2.13. The van der Waals surface area contributed by atoms with Gasteiger partial charge in [0, 0.05) is 32.9 Å². The highest BCUT2D eigenvalue weighted by molar-refractivity contribution is 5.76. The van der Waals surface area contributed by atoms with Crippen molar-refractivity contribution in [2.75, 3.05) is 119 Å². The van der Waals surface area contributed by atoms with E-state index >= 15 is 0 Å². The van der Waals surface area contributed by atoms with Gasteiger partial charge in [0.1, 0.15) is 0 Å². The Morgan fingerprint density at radius 3 is 0.976 bits per heavy atom. The molecule has 0 heterocycles. The lowest BCUT2D eigenvalue weighted by Gasteiger charge is -2.23. The average molecular weight is 608 g/mol. The molecule has 0 aliphatic carbocycles. The van der Waals surface area contributed by atoms with Crippen molar-refractivity contribution in [1.29, 1.82) is 0 Å². The van der Waals surface area contributed by atoms with E-state index in [1.54, 1.807) is 4.90 Å². The molecule has 42 heavy (non-hydrogen) atoms. The van der Waals surface area contributed by atoms with Gasteiger partial charge < -0.3 is 42.8 Å². The zero-order chi connectivity index (χ0) is 31.1. The quantitative estimate of drug-likeness (QED) is 0.100. The fourth-order valence-corrected chi connectivity index (χ4v) is 3.39. The SMILES string of the molecule is CC(C)CCOCCOCCOCCN(CCOCCOCCOCCC(C)C)C(=O)CCOCCOCCC(C)C. The lowest BCUT2D eigenvalue weighted by Crippen LogP contribution is -2.37. The van der Waals surface area contributed by atoms with Crippen molar-refractivity contribution in [2.24, 2.45) is 17.8 Å². The topological polar surface area (TPSA) is 94.2 Å². The van der Waals surface area contributed by atoms with Crippen LogP contribution in [0.1, 0.15) is 67.2 Å². The number of nitrogens with zero attached hydrogens (tertiary/aromatic N) is 1. The number of amides is 1. The number of ether oxygens (including phenoxy) is 8. The molecule has 0 saturated heterocycles. The van der Waals surface area contributed by atoms with Crippen molar-refractivity contribution in [3.63, 3.8) is 0 Å². The van der Waals surface area contributed by atoms with Gasteiger partial charge in [0.15, 0.2) is 0 Å². The van der Waals surface area contributed by atoms with Gasteiger partial charge in [-0.3, -0.25) is 4.79 Å². The van der Waals surface area contributed by atoms with Gasteiger partial charge in [0.25, 0.3) is 0 Å². The van der Waals surface area contributed by atoms with E-state index in [-0.39, 0.29) is 5.91 Å². The molecule has 0 atom stereocenters. The van der Waals surface area contributed by atoms with Crippen molar-refractivity contribution >= 4 is 5.91 Å². The first-order valence-electron chi connectivity index (χ1n) is 16.2. The first-order chi connectivity index (χ1) is 20.3. The van der Waals surface area contributed by atoms with Crippen LogP contribution in [0.5, 0.6) is 0 Å². The molecule has 10 heteroatoms. The first-order valence-corrected chi connectivity index (χ1v) is 16.2. The summed E-state index contributed by atoms with van der Waals surface area (Å²) in [5, 5.41) is 0. The van der Waals surface area contributed by atoms with Crippen molar-refractivity contribution in [3.8, 4) is 0 Å². The van der Waals surface area contributed by atoms with Crippen LogP contribution in [0.2, 0.25) is 0 Å². The second kappa shape index (κ2) is 31.6. The van der Waals surface area contributed by atoms with E-state index in [1.807, 2.05) is 0 Å². The monoisotopic (exact) mass is 607 g/mol. The Morgan fingerprint density at radius 1 is 0.405 bits per heavy atom. The molecule has 0 N–H and O–H groups in total. The van der Waals surface area contributed by atoms with Crippen LogP contribution in [0.15, 0.2) is 0 Å². The van der Waals surface area contributed by atoms with Crippen molar-refractivity contribution in [2.45, 2.75) is 67.2 Å². The van der Waals surface area contributed by atoms with E-state index in [9.17, 15) is 4.79 Å². The fourth-order valence-electron chi connectivity index (χ4n) is 3.39. The van der Waals surface area contributed by atoms with Crippen LogP contribution in [0.4, 0.5) is 0 Å². The molecule has 0 aromatic heterocycles. The zero-order valence-corrected chi connectivity index (χ0v) is 27.9. The average Bonchev–Trinajstić information content (AvgIpc) is 2.94. The molecule has 0 bridgehead atoms. The van der Waals surface area contributed by atoms with Crippen LogP contribution < -0.4 is 0 Å². The number of carbonyl (C=O) groups excluding carboxylic acids is 1. The Bertz CT molecular complexity index is 534. The smallest absolute Gasteiger partial charge is 0.225 e. The van der Waals surface area contributed by atoms with Gasteiger partial charge in [0.05, 0.1) is 92.3 Å². The second-order valence-corrected chi connectivity index (χ2v) is 11.6. The van der Waals surface area contributed by atoms with Gasteiger partial charge in [-0.2, -0.15) is 0 Å². The van der Waals surface area contributed by atoms with E-state index in [2.05, 4.69) is 41.5 Å². The highest BCUT2D eigenvalue weighted by atomic mass is 16.6. The minimum absolute atomic E-state index is 0.0209. The molecule has 0 radical (unpaired) electrons. The Morgan fingerprint density at radius 2 is 0.667 bits per heavy atom. The summed E-state index contributed by atoms with van der Waals surface area (Å²) in [6, 6.07) is 0. The summed E-state index contributed by atoms with van der Waals surface area (Å²) in [5.41, 5.74) is 0. The largest absolute Gasteiger partial charge is 0.379 e. The molecular weight excluding hydrogens is 542 g/mol. The van der Waals surface area contributed by atoms with Crippen LogP contribution >= 0.6 is 0 Å². The highest BCUT2D eigenvalue weighted by Crippen LogP contribution is 2.01. The molecule has 252 valence electrons. The molecule has 0 spiro atoms. The van der Waals surface area contributed by atoms with Gasteiger partial charge in [0.2, 0.25) is 5.91 Å². The summed E-state index contributed by atoms with van der Waals surface area (Å²) in [5.74, 6) is 1.94. The minimum Gasteiger partial charge on any atom is -0.379 e. The molecule has 0 aliphatic rings. The molecule has 0 rings (SSSR count). The normalized spacial score (nSPS) is 11.8. The van der Waals surface area contributed by atoms with E-state index in [0.717, 1.165) is 39.1 Å². The van der Waals surface area contributed by atoms with Gasteiger partial charge in [-0.25, -0.2) is 0 Å². The van der Waals surface area contributed by atoms with Gasteiger partial charge in [-0.1, -0.05) is 41.5 Å². The first kappa shape index (κ1) is 41.1. The van der Waals surface area contributed by atoms with Gasteiger partial charge in [-0.05, 0) is 37.0 Å². The molecular formula is C32H65NO9. The van der Waals surface area contributed by atoms with Crippen LogP contribution in [-0.4, -0.2) is 130 Å². The molecule has 0 saturated carbocycles. The third kappa shape index (κ3) is 32.1. The van der Waals surface area contributed by atoms with Crippen LogP contribution in [0.25, 0.3) is 0 Å². The second-order valence-electron chi connectivity index (χ2n) is 11.6. The number of hydrogen-bond acceptors (Lipinski definition) is 9. The number of rotatable bonds is 33. The van der Waals surface area contributed by atoms with Gasteiger partial charge in [-0.15, -0.1) is 0 Å². The standard InChI is InChI=1S/C32H65NO9/c1-29(2)7-13-35-19-20-38-16-10-32(34)33(11-17-39-23-27-41-25-21-36-14-8-30(3)4)12-18-40-24-28-42-26-22-37-15-9-31(5)6/h29-31H,7-28H2,1-6H3. The van der Waals surface area contributed by atoms with E-state index in [4.69, 9.17) is 37.9 Å². The molecule has 0 aromatic rings. The number of carbonyl (C=O) groups is 1. The third-order valence-corrected chi connectivity index (χ3v) is 6.20. The molecule has 0 fully saturated rings. The summed E-state index contributed by atoms with van der Waals surface area (Å²) in [6.07, 6.45) is 3.47. The van der Waals surface area contributed by atoms with E-state index in [0.29, 0.717) is 123 Å². The van der Waals surface area contributed by atoms with Crippen molar-refractivity contribution < 1.29 is 42.7 Å². The molecule has 1 amide bonds. The Balaban J connectivity index is 4.09. The fraction of sp³-hybridized carbons (Fsp3) is 0.969. The van der Waals surface area contributed by atoms with Crippen molar-refractivity contribution in [3.05, 3.63) is 0 Å². The van der Waals surface area contributed by atoms with E-state index in [1.165, 1.54) is 0 Å². The van der Waals surface area contributed by atoms with E-state index < -0.39 is 0 Å². The summed E-state index contributed by atoms with van der Waals surface area (Å²) in [7, 11) is 0. The minimum atomic E-state index is 0.0209. The molecule has 0 aromatic carbocycles. The Labute approximate surface area is 257 Å². The molecule has 10 nitrogen and oxygen atoms in total. The number of hydrogen-bond donors (Lipinski definition) is 0. The molecule has 0 unspecified atom stereocenters. The Kier molecular flexibility index (Phi) is 30.9. The van der Waals surface area contributed by atoms with Crippen LogP contribution in [0.3, 0.4) is 0 Å². The lowest BCUT2D eigenvalue weighted by molar-refractivity contribution is -0.134. The summed E-state index contributed by atoms with van der Waals surface area (Å²) in [6.45, 7) is 22.9. The third-order valence-electron chi connectivity index (χ3n) is 6.20. The predicted molar refractivity (Wildman–Crippen MR) is 166 cm³/mol. The zero-order valence-electron chi connectivity index (χ0n) is 27.9. The van der Waals surface area contributed by atoms with Crippen LogP contribution in [0, 0.1) is 17.8 Å². The van der Waals surface area contributed by atoms with Gasteiger partial charge >= 0.3 is 0 Å². The van der Waals surface area contributed by atoms with Crippen LogP contribution in [-0.2, 0) is 42.7 Å².